The number of carbonyl (C=O) groups excluding carboxylic acids is 2. The Bertz CT molecular complexity index is 1630. The van der Waals surface area contributed by atoms with Gasteiger partial charge in [0, 0.05) is 54.8 Å². The van der Waals surface area contributed by atoms with E-state index < -0.39 is 17.7 Å². The van der Waals surface area contributed by atoms with Crippen molar-refractivity contribution in [2.45, 2.75) is 58.0 Å². The van der Waals surface area contributed by atoms with Crippen LogP contribution in [0.4, 0.5) is 10.5 Å². The first-order valence-corrected chi connectivity index (χ1v) is 16.3. The Kier molecular flexibility index (Phi) is 11.4. The van der Waals surface area contributed by atoms with E-state index >= 15 is 0 Å². The van der Waals surface area contributed by atoms with Crippen molar-refractivity contribution in [1.29, 1.82) is 0 Å². The molecule has 11 nitrogen and oxygen atoms in total. The van der Waals surface area contributed by atoms with E-state index in [0.717, 1.165) is 69.2 Å². The first-order valence-electron chi connectivity index (χ1n) is 16.3. The van der Waals surface area contributed by atoms with E-state index in [2.05, 4.69) is 10.2 Å². The summed E-state index contributed by atoms with van der Waals surface area (Å²) in [6.45, 7) is 5.67. The Balaban J connectivity index is 1.35. The number of nitrogens with one attached hydrogen (secondary N) is 1. The number of hydrogen-bond donors (Lipinski definition) is 1. The van der Waals surface area contributed by atoms with Gasteiger partial charge in [0.25, 0.3) is 0 Å². The molecule has 2 aliphatic heterocycles. The van der Waals surface area contributed by atoms with Crippen LogP contribution in [0.2, 0.25) is 0 Å². The minimum Gasteiger partial charge on any atom is -0.493 e. The number of ether oxygens (including phenoxy) is 4. The predicted molar refractivity (Wildman–Crippen MR) is 181 cm³/mol. The van der Waals surface area contributed by atoms with E-state index in [4.69, 9.17) is 23.4 Å². The summed E-state index contributed by atoms with van der Waals surface area (Å²) in [5, 5.41) is 3.70. The maximum absolute atomic E-state index is 13.4. The summed E-state index contributed by atoms with van der Waals surface area (Å²) in [4.78, 5) is 43.3. The maximum atomic E-state index is 13.4. The number of fused-ring (bicyclic) bond motifs is 1. The van der Waals surface area contributed by atoms with Crippen molar-refractivity contribution in [3.8, 4) is 17.2 Å². The lowest BCUT2D eigenvalue weighted by Gasteiger charge is -2.30. The van der Waals surface area contributed by atoms with E-state index in [1.807, 2.05) is 24.0 Å². The van der Waals surface area contributed by atoms with Crippen LogP contribution in [0, 0.1) is 6.92 Å². The molecule has 1 unspecified atom stereocenters. The van der Waals surface area contributed by atoms with Crippen molar-refractivity contribution in [2.24, 2.45) is 0 Å². The number of piperidine rings is 2. The van der Waals surface area contributed by atoms with Gasteiger partial charge in [0.1, 0.15) is 11.7 Å². The van der Waals surface area contributed by atoms with E-state index in [9.17, 15) is 14.4 Å². The molecule has 3 aromatic rings. The zero-order valence-electron chi connectivity index (χ0n) is 27.8. The zero-order chi connectivity index (χ0) is 33.3. The molecule has 47 heavy (non-hydrogen) atoms. The number of methoxy groups -OCH3 is 3. The number of carbonyl (C=O) groups is 2. The fraction of sp³-hybridized carbons (Fsp3) is 0.472. The van der Waals surface area contributed by atoms with E-state index in [-0.39, 0.29) is 12.5 Å². The minimum absolute atomic E-state index is 0.151. The van der Waals surface area contributed by atoms with Crippen LogP contribution in [0.5, 0.6) is 17.2 Å². The highest BCUT2D eigenvalue weighted by molar-refractivity contribution is 5.93. The van der Waals surface area contributed by atoms with Gasteiger partial charge in [-0.15, -0.1) is 0 Å². The van der Waals surface area contributed by atoms with Crippen molar-refractivity contribution in [2.75, 3.05) is 59.4 Å². The summed E-state index contributed by atoms with van der Waals surface area (Å²) in [6.07, 6.45) is 9.08. The molecule has 0 aliphatic carbocycles. The third-order valence-corrected chi connectivity index (χ3v) is 8.91. The summed E-state index contributed by atoms with van der Waals surface area (Å²) in [5.41, 5.74) is 2.37. The van der Waals surface area contributed by atoms with Crippen LogP contribution in [0.25, 0.3) is 17.0 Å². The number of likely N-dealkylation sites (tertiary alicyclic amines) is 2. The molecule has 3 heterocycles. The Morgan fingerprint density at radius 1 is 0.915 bits per heavy atom. The van der Waals surface area contributed by atoms with Gasteiger partial charge < -0.3 is 33.6 Å². The quantitative estimate of drug-likeness (QED) is 0.156. The molecule has 1 atom stereocenters. The van der Waals surface area contributed by atoms with Gasteiger partial charge in [0.2, 0.25) is 5.75 Å². The first-order chi connectivity index (χ1) is 22.8. The topological polar surface area (TPSA) is 120 Å². The molecule has 252 valence electrons. The number of urea groups is 1. The fourth-order valence-electron chi connectivity index (χ4n) is 6.37. The summed E-state index contributed by atoms with van der Waals surface area (Å²) in [7, 11) is 4.59. The first kappa shape index (κ1) is 33.8. The van der Waals surface area contributed by atoms with Crippen LogP contribution in [0.15, 0.2) is 45.6 Å². The Morgan fingerprint density at radius 3 is 2.21 bits per heavy atom. The molecule has 0 saturated carbocycles. The molecule has 2 fully saturated rings. The van der Waals surface area contributed by atoms with Crippen molar-refractivity contribution in [3.05, 3.63) is 63.5 Å². The number of esters is 1. The molecule has 1 aromatic heterocycles. The number of aryl methyl sites for hydroxylation is 1. The maximum Gasteiger partial charge on any atom is 0.339 e. The van der Waals surface area contributed by atoms with Gasteiger partial charge in [0.05, 0.1) is 21.3 Å². The number of hydrogen-bond acceptors (Lipinski definition) is 9. The molecule has 0 spiro atoms. The van der Waals surface area contributed by atoms with Crippen LogP contribution in [-0.4, -0.2) is 82.0 Å². The Morgan fingerprint density at radius 2 is 1.57 bits per heavy atom. The molecular weight excluding hydrogens is 602 g/mol. The largest absolute Gasteiger partial charge is 0.493 e. The SMILES string of the molecule is COc1cc(/C=C/C(=O)OC(Cc2c(C)c3ccc(NC(=O)N4CCCCC4)cc3oc2=O)CN2CCCCC2)cc(OC)c1OC. The smallest absolute Gasteiger partial charge is 0.339 e. The molecule has 11 heteroatoms. The molecule has 0 bridgehead atoms. The zero-order valence-corrected chi connectivity index (χ0v) is 27.8. The third kappa shape index (κ3) is 8.45. The lowest BCUT2D eigenvalue weighted by Crippen LogP contribution is -2.40. The Hall–Kier alpha value is -4.51. The van der Waals surface area contributed by atoms with Gasteiger partial charge in [-0.25, -0.2) is 14.4 Å². The monoisotopic (exact) mass is 647 g/mol. The average molecular weight is 648 g/mol. The third-order valence-electron chi connectivity index (χ3n) is 8.91. The van der Waals surface area contributed by atoms with Crippen molar-refractivity contribution < 1.29 is 33.0 Å². The lowest BCUT2D eigenvalue weighted by molar-refractivity contribution is -0.143. The van der Waals surface area contributed by atoms with Crippen molar-refractivity contribution in [3.63, 3.8) is 0 Å². The van der Waals surface area contributed by atoms with Crippen LogP contribution in [-0.2, 0) is 16.0 Å². The Labute approximate surface area is 275 Å². The van der Waals surface area contributed by atoms with Gasteiger partial charge in [-0.2, -0.15) is 0 Å². The van der Waals surface area contributed by atoms with Gasteiger partial charge in [-0.3, -0.25) is 4.90 Å². The van der Waals surface area contributed by atoms with E-state index in [1.165, 1.54) is 33.8 Å². The van der Waals surface area contributed by atoms with E-state index in [0.29, 0.717) is 46.2 Å². The molecule has 2 amide bonds. The molecule has 2 aromatic carbocycles. The lowest BCUT2D eigenvalue weighted by atomic mass is 10.00. The number of nitrogens with zero attached hydrogens (tertiary/aromatic N) is 2. The fourth-order valence-corrected chi connectivity index (χ4v) is 6.37. The van der Waals surface area contributed by atoms with Crippen LogP contribution in [0.3, 0.4) is 0 Å². The summed E-state index contributed by atoms with van der Waals surface area (Å²) >= 11 is 0. The standard InChI is InChI=1S/C36H45N3O8/c1-24-28-13-12-26(37-36(42)39-17-9-6-10-18-39)21-30(28)47-35(41)29(24)22-27(23-38-15-7-5-8-16-38)46-33(40)14-11-25-19-31(43-2)34(45-4)32(20-25)44-3/h11-14,19-21,27H,5-10,15-18,22-23H2,1-4H3,(H,37,42)/b14-11+. The summed E-state index contributed by atoms with van der Waals surface area (Å²) in [6, 6.07) is 8.69. The second kappa shape index (κ2) is 15.9. The molecule has 2 saturated heterocycles. The number of anilines is 1. The molecule has 2 aliphatic rings. The second-order valence-electron chi connectivity index (χ2n) is 12.1. The van der Waals surface area contributed by atoms with Crippen molar-refractivity contribution in [1.82, 2.24) is 9.80 Å². The summed E-state index contributed by atoms with van der Waals surface area (Å²) < 4.78 is 28.0. The number of rotatable bonds is 11. The number of benzene rings is 2. The molecular formula is C36H45N3O8. The highest BCUT2D eigenvalue weighted by Crippen LogP contribution is 2.38. The van der Waals surface area contributed by atoms with Crippen LogP contribution in [0.1, 0.15) is 55.2 Å². The molecule has 5 rings (SSSR count). The van der Waals surface area contributed by atoms with Gasteiger partial charge >= 0.3 is 17.6 Å². The summed E-state index contributed by atoms with van der Waals surface area (Å²) in [5.74, 6) is 0.868. The molecule has 0 radical (unpaired) electrons. The highest BCUT2D eigenvalue weighted by Gasteiger charge is 2.24. The molecule has 1 N–H and O–H groups in total. The normalized spacial score (nSPS) is 16.2. The second-order valence-corrected chi connectivity index (χ2v) is 12.1. The van der Waals surface area contributed by atoms with Crippen molar-refractivity contribution >= 4 is 34.7 Å². The van der Waals surface area contributed by atoms with Crippen LogP contribution >= 0.6 is 0 Å². The number of amides is 2. The van der Waals surface area contributed by atoms with Gasteiger partial charge in [-0.05, 0) is 93.6 Å². The minimum atomic E-state index is -0.577. The van der Waals surface area contributed by atoms with Gasteiger partial charge in [-0.1, -0.05) is 6.42 Å². The van der Waals surface area contributed by atoms with E-state index in [1.54, 1.807) is 24.3 Å². The predicted octanol–water partition coefficient (Wildman–Crippen LogP) is 5.80. The highest BCUT2D eigenvalue weighted by atomic mass is 16.5. The van der Waals surface area contributed by atoms with Crippen LogP contribution < -0.4 is 25.2 Å². The van der Waals surface area contributed by atoms with Gasteiger partial charge in [0.15, 0.2) is 11.5 Å². The average Bonchev–Trinajstić information content (AvgIpc) is 3.09.